The van der Waals surface area contributed by atoms with Crippen molar-refractivity contribution < 1.29 is 24.5 Å². The van der Waals surface area contributed by atoms with E-state index >= 15 is 0 Å². The quantitative estimate of drug-likeness (QED) is 0.623. The van der Waals surface area contributed by atoms with Gasteiger partial charge >= 0.3 is 0 Å². The smallest absolute Gasteiger partial charge is 0.189 e. The largest absolute Gasteiger partial charge is 0.504 e. The van der Waals surface area contributed by atoms with E-state index in [0.717, 1.165) is 12.0 Å². The molecule has 0 radical (unpaired) electrons. The first-order valence-electron chi connectivity index (χ1n) is 7.83. The van der Waals surface area contributed by atoms with Gasteiger partial charge in [-0.15, -0.1) is 0 Å². The number of para-hydroxylation sites is 1. The number of allylic oxidation sites excluding steroid dienone is 1. The molecule has 0 saturated heterocycles. The molecule has 0 unspecified atom stereocenters. The molecule has 0 amide bonds. The van der Waals surface area contributed by atoms with Crippen LogP contribution in [0.4, 0.5) is 0 Å². The number of phenolic OH excluding ortho intramolecular Hbond substituents is 2. The second kappa shape index (κ2) is 5.60. The van der Waals surface area contributed by atoms with Crippen molar-refractivity contribution in [3.63, 3.8) is 0 Å². The first-order chi connectivity index (χ1) is 11.6. The van der Waals surface area contributed by atoms with E-state index in [1.807, 2.05) is 18.2 Å². The minimum atomic E-state index is -0.226. The van der Waals surface area contributed by atoms with Crippen LogP contribution in [0.15, 0.2) is 35.9 Å². The number of hydrogen-bond donors (Lipinski definition) is 2. The van der Waals surface area contributed by atoms with Crippen LogP contribution in [0.5, 0.6) is 23.0 Å². The molecule has 1 heterocycles. The lowest BCUT2D eigenvalue weighted by molar-refractivity contribution is 0.104. The SMILES string of the molecule is O=C1/C(=C/c2cccc3c2OCCCO3)Cc2c1ccc(O)c2O. The summed E-state index contributed by atoms with van der Waals surface area (Å²) in [5, 5.41) is 19.6. The van der Waals surface area contributed by atoms with Crippen LogP contribution >= 0.6 is 0 Å². The molecule has 122 valence electrons. The number of ketones is 1. The van der Waals surface area contributed by atoms with E-state index in [1.165, 1.54) is 6.07 Å². The van der Waals surface area contributed by atoms with Crippen molar-refractivity contribution in [2.24, 2.45) is 0 Å². The topological polar surface area (TPSA) is 76.0 Å². The Morgan fingerprint density at radius 3 is 2.75 bits per heavy atom. The Labute approximate surface area is 138 Å². The lowest BCUT2D eigenvalue weighted by Crippen LogP contribution is -1.98. The summed E-state index contributed by atoms with van der Waals surface area (Å²) in [6.45, 7) is 1.17. The summed E-state index contributed by atoms with van der Waals surface area (Å²) >= 11 is 0. The minimum absolute atomic E-state index is 0.146. The Bertz CT molecular complexity index is 866. The molecule has 0 fully saturated rings. The van der Waals surface area contributed by atoms with Crippen LogP contribution in [0.25, 0.3) is 6.08 Å². The third-order valence-electron chi connectivity index (χ3n) is 4.30. The van der Waals surface area contributed by atoms with Gasteiger partial charge in [-0.05, 0) is 24.3 Å². The zero-order chi connectivity index (χ0) is 16.7. The lowest BCUT2D eigenvalue weighted by Gasteiger charge is -2.10. The van der Waals surface area contributed by atoms with E-state index in [0.29, 0.717) is 41.4 Å². The molecule has 0 aromatic heterocycles. The van der Waals surface area contributed by atoms with E-state index in [1.54, 1.807) is 12.1 Å². The number of fused-ring (bicyclic) bond motifs is 2. The molecule has 0 saturated carbocycles. The number of rotatable bonds is 1. The van der Waals surface area contributed by atoms with Crippen LogP contribution in [0.2, 0.25) is 0 Å². The molecule has 2 aliphatic rings. The van der Waals surface area contributed by atoms with Gasteiger partial charge in [0.15, 0.2) is 28.8 Å². The van der Waals surface area contributed by atoms with Crippen LogP contribution in [0.1, 0.15) is 27.9 Å². The van der Waals surface area contributed by atoms with Crippen molar-refractivity contribution in [2.75, 3.05) is 13.2 Å². The molecular weight excluding hydrogens is 308 g/mol. The predicted octanol–water partition coefficient (Wildman–Crippen LogP) is 3.08. The fourth-order valence-electron chi connectivity index (χ4n) is 3.09. The number of aromatic hydroxyl groups is 2. The van der Waals surface area contributed by atoms with Gasteiger partial charge in [0.1, 0.15) is 0 Å². The molecule has 1 aliphatic carbocycles. The summed E-state index contributed by atoms with van der Waals surface area (Å²) in [6, 6.07) is 8.45. The van der Waals surface area contributed by atoms with Crippen LogP contribution in [0, 0.1) is 0 Å². The zero-order valence-electron chi connectivity index (χ0n) is 12.9. The summed E-state index contributed by atoms with van der Waals surface area (Å²) in [5.74, 6) is 0.722. The fraction of sp³-hybridized carbons (Fsp3) is 0.211. The number of phenols is 2. The van der Waals surface area contributed by atoms with Crippen molar-refractivity contribution in [3.05, 3.63) is 52.6 Å². The summed E-state index contributed by atoms with van der Waals surface area (Å²) in [6.07, 6.45) is 2.85. The summed E-state index contributed by atoms with van der Waals surface area (Å²) in [4.78, 5) is 12.6. The fourth-order valence-corrected chi connectivity index (χ4v) is 3.09. The molecule has 0 bridgehead atoms. The number of hydrogen-bond acceptors (Lipinski definition) is 5. The molecular formula is C19H16O5. The first kappa shape index (κ1) is 14.6. The molecule has 2 aromatic rings. The average Bonchev–Trinajstić information content (AvgIpc) is 2.76. The zero-order valence-corrected chi connectivity index (χ0v) is 12.9. The van der Waals surface area contributed by atoms with Gasteiger partial charge in [0, 0.05) is 35.1 Å². The highest BCUT2D eigenvalue weighted by molar-refractivity contribution is 6.16. The van der Waals surface area contributed by atoms with Crippen molar-refractivity contribution in [1.82, 2.24) is 0 Å². The molecule has 1 aliphatic heterocycles. The molecule has 24 heavy (non-hydrogen) atoms. The molecule has 2 aromatic carbocycles. The van der Waals surface area contributed by atoms with Gasteiger partial charge in [0.05, 0.1) is 13.2 Å². The highest BCUT2D eigenvalue weighted by Crippen LogP contribution is 2.40. The second-order valence-corrected chi connectivity index (χ2v) is 5.86. The molecule has 2 N–H and O–H groups in total. The Hall–Kier alpha value is -2.95. The number of benzene rings is 2. The third kappa shape index (κ3) is 2.29. The van der Waals surface area contributed by atoms with Crippen LogP contribution in [0.3, 0.4) is 0 Å². The Balaban J connectivity index is 1.76. The van der Waals surface area contributed by atoms with E-state index in [-0.39, 0.29) is 23.7 Å². The number of carbonyl (C=O) groups is 1. The van der Waals surface area contributed by atoms with Crippen LogP contribution in [-0.2, 0) is 6.42 Å². The maximum Gasteiger partial charge on any atom is 0.189 e. The van der Waals surface area contributed by atoms with Crippen LogP contribution in [-0.4, -0.2) is 29.2 Å². The van der Waals surface area contributed by atoms with Crippen molar-refractivity contribution in [2.45, 2.75) is 12.8 Å². The minimum Gasteiger partial charge on any atom is -0.504 e. The Morgan fingerprint density at radius 1 is 1.04 bits per heavy atom. The normalized spacial score (nSPS) is 17.7. The van der Waals surface area contributed by atoms with E-state index in [9.17, 15) is 15.0 Å². The Morgan fingerprint density at radius 2 is 1.88 bits per heavy atom. The van der Waals surface area contributed by atoms with Gasteiger partial charge in [-0.1, -0.05) is 12.1 Å². The van der Waals surface area contributed by atoms with Crippen molar-refractivity contribution >= 4 is 11.9 Å². The second-order valence-electron chi connectivity index (χ2n) is 5.86. The summed E-state index contributed by atoms with van der Waals surface area (Å²) in [7, 11) is 0. The summed E-state index contributed by atoms with van der Waals surface area (Å²) < 4.78 is 11.4. The van der Waals surface area contributed by atoms with Crippen molar-refractivity contribution in [1.29, 1.82) is 0 Å². The highest BCUT2D eigenvalue weighted by atomic mass is 16.5. The standard InChI is InChI=1S/C19H16O5/c20-15-6-5-13-14(18(15)22)10-12(17(13)21)9-11-3-1-4-16-19(11)24-8-2-7-23-16/h1,3-6,9,20,22H,2,7-8,10H2/b12-9+. The summed E-state index contributed by atoms with van der Waals surface area (Å²) in [5.41, 5.74) is 2.21. The maximum atomic E-state index is 12.6. The maximum absolute atomic E-state index is 12.6. The number of carbonyl (C=O) groups excluding carboxylic acids is 1. The molecule has 0 atom stereocenters. The molecule has 5 nitrogen and oxygen atoms in total. The highest BCUT2D eigenvalue weighted by Gasteiger charge is 2.29. The monoisotopic (exact) mass is 324 g/mol. The Kier molecular flexibility index (Phi) is 3.41. The van der Waals surface area contributed by atoms with Crippen LogP contribution < -0.4 is 9.47 Å². The van der Waals surface area contributed by atoms with E-state index < -0.39 is 0 Å². The van der Waals surface area contributed by atoms with Gasteiger partial charge in [0.25, 0.3) is 0 Å². The molecule has 0 spiro atoms. The lowest BCUT2D eigenvalue weighted by atomic mass is 10.1. The first-order valence-corrected chi connectivity index (χ1v) is 7.83. The molecule has 4 rings (SSSR count). The van der Waals surface area contributed by atoms with Gasteiger partial charge in [0.2, 0.25) is 0 Å². The number of ether oxygens (including phenoxy) is 2. The van der Waals surface area contributed by atoms with Crippen molar-refractivity contribution in [3.8, 4) is 23.0 Å². The number of Topliss-reactive ketones (excluding diaryl/α,β-unsaturated/α-hetero) is 1. The molecule has 5 heteroatoms. The van der Waals surface area contributed by atoms with Gasteiger partial charge < -0.3 is 19.7 Å². The van der Waals surface area contributed by atoms with E-state index in [2.05, 4.69) is 0 Å². The predicted molar refractivity (Wildman–Crippen MR) is 87.8 cm³/mol. The van der Waals surface area contributed by atoms with Gasteiger partial charge in [-0.25, -0.2) is 0 Å². The van der Waals surface area contributed by atoms with Gasteiger partial charge in [-0.3, -0.25) is 4.79 Å². The third-order valence-corrected chi connectivity index (χ3v) is 4.30. The van der Waals surface area contributed by atoms with Gasteiger partial charge in [-0.2, -0.15) is 0 Å². The van der Waals surface area contributed by atoms with E-state index in [4.69, 9.17) is 9.47 Å². The average molecular weight is 324 g/mol.